The number of aromatic carboxylic acids is 1. The minimum atomic E-state index is -0.968. The summed E-state index contributed by atoms with van der Waals surface area (Å²) in [6.07, 6.45) is 3.62. The summed E-state index contributed by atoms with van der Waals surface area (Å²) in [6.45, 7) is 6.29. The summed E-state index contributed by atoms with van der Waals surface area (Å²) in [5, 5.41) is 9.45. The Morgan fingerprint density at radius 2 is 1.66 bits per heavy atom. The van der Waals surface area contributed by atoms with Crippen LogP contribution in [0, 0.1) is 6.92 Å². The van der Waals surface area contributed by atoms with Gasteiger partial charge in [0.05, 0.1) is 12.1 Å². The minimum absolute atomic E-state index is 0.147. The van der Waals surface area contributed by atoms with Crippen LogP contribution in [0.5, 0.6) is 0 Å². The summed E-state index contributed by atoms with van der Waals surface area (Å²) in [6, 6.07) is 14.4. The van der Waals surface area contributed by atoms with Gasteiger partial charge in [-0.05, 0) is 42.5 Å². The van der Waals surface area contributed by atoms with Gasteiger partial charge in [0.15, 0.2) is 0 Å². The van der Waals surface area contributed by atoms with E-state index in [1.165, 1.54) is 4.57 Å². The van der Waals surface area contributed by atoms with Gasteiger partial charge in [-0.25, -0.2) is 14.2 Å². The minimum Gasteiger partial charge on any atom is -0.478 e. The average Bonchev–Trinajstić information content (AvgIpc) is 3.02. The summed E-state index contributed by atoms with van der Waals surface area (Å²) in [5.41, 5.74) is 3.95. The molecule has 0 bridgehead atoms. The molecule has 168 valence electrons. The molecule has 3 rings (SSSR count). The van der Waals surface area contributed by atoms with E-state index in [-0.39, 0.29) is 17.2 Å². The molecule has 0 fully saturated rings. The Kier molecular flexibility index (Phi) is 7.46. The van der Waals surface area contributed by atoms with Gasteiger partial charge in [-0.15, -0.1) is 0 Å². The van der Waals surface area contributed by atoms with Crippen LogP contribution in [0.15, 0.2) is 53.3 Å². The number of hydrogen-bond acceptors (Lipinski definition) is 3. The Morgan fingerprint density at radius 1 is 0.969 bits per heavy atom. The van der Waals surface area contributed by atoms with E-state index in [9.17, 15) is 19.5 Å². The number of aromatic nitrogens is 2. The van der Waals surface area contributed by atoms with E-state index in [0.717, 1.165) is 48.2 Å². The molecule has 1 aromatic heterocycles. The maximum absolute atomic E-state index is 13.1. The number of nitrogens with zero attached hydrogens (tertiary/aromatic N) is 2. The van der Waals surface area contributed by atoms with Crippen molar-refractivity contribution in [3.8, 4) is 11.1 Å². The van der Waals surface area contributed by atoms with E-state index >= 15 is 0 Å². The van der Waals surface area contributed by atoms with Crippen molar-refractivity contribution in [2.24, 2.45) is 0 Å². The van der Waals surface area contributed by atoms with E-state index in [0.29, 0.717) is 18.5 Å². The summed E-state index contributed by atoms with van der Waals surface area (Å²) in [4.78, 5) is 37.3. The molecule has 0 atom stereocenters. The summed E-state index contributed by atoms with van der Waals surface area (Å²) < 4.78 is 3.03. The van der Waals surface area contributed by atoms with Crippen molar-refractivity contribution in [2.75, 3.05) is 0 Å². The van der Waals surface area contributed by atoms with Crippen LogP contribution in [0.25, 0.3) is 11.1 Å². The molecule has 0 spiro atoms. The van der Waals surface area contributed by atoms with Gasteiger partial charge < -0.3 is 5.11 Å². The summed E-state index contributed by atoms with van der Waals surface area (Å²) >= 11 is 0. The number of carbonyl (C=O) groups excluding carboxylic acids is 1. The number of carboxylic acids is 1. The Bertz CT molecular complexity index is 1170. The zero-order valence-electron chi connectivity index (χ0n) is 18.9. The van der Waals surface area contributed by atoms with Crippen molar-refractivity contribution in [3.63, 3.8) is 0 Å². The molecule has 6 nitrogen and oxygen atoms in total. The average molecular weight is 435 g/mol. The monoisotopic (exact) mass is 434 g/mol. The summed E-state index contributed by atoms with van der Waals surface area (Å²) in [7, 11) is 0. The molecule has 32 heavy (non-hydrogen) atoms. The predicted molar refractivity (Wildman–Crippen MR) is 126 cm³/mol. The lowest BCUT2D eigenvalue weighted by atomic mass is 9.99. The second kappa shape index (κ2) is 10.3. The fourth-order valence-corrected chi connectivity index (χ4v) is 4.05. The third-order valence-electron chi connectivity index (χ3n) is 5.74. The van der Waals surface area contributed by atoms with E-state index in [4.69, 9.17) is 0 Å². The van der Waals surface area contributed by atoms with Crippen molar-refractivity contribution in [1.82, 2.24) is 9.13 Å². The number of rotatable bonds is 9. The van der Waals surface area contributed by atoms with Crippen molar-refractivity contribution in [1.29, 1.82) is 0 Å². The van der Waals surface area contributed by atoms with Crippen LogP contribution >= 0.6 is 0 Å². The molecule has 0 saturated carbocycles. The molecule has 1 N–H and O–H groups in total. The first-order valence-electron chi connectivity index (χ1n) is 11.1. The van der Waals surface area contributed by atoms with E-state index in [1.54, 1.807) is 22.8 Å². The fourth-order valence-electron chi connectivity index (χ4n) is 4.05. The maximum Gasteiger partial charge on any atom is 0.336 e. The van der Waals surface area contributed by atoms with Gasteiger partial charge in [0.2, 0.25) is 5.91 Å². The van der Waals surface area contributed by atoms with Crippen LogP contribution in [0.1, 0.15) is 71.6 Å². The van der Waals surface area contributed by atoms with Crippen molar-refractivity contribution < 1.29 is 14.7 Å². The lowest BCUT2D eigenvalue weighted by Gasteiger charge is -2.10. The van der Waals surface area contributed by atoms with Crippen molar-refractivity contribution in [3.05, 3.63) is 81.5 Å². The first-order valence-corrected chi connectivity index (χ1v) is 11.1. The molecule has 0 radical (unpaired) electrons. The number of carboxylic acid groups (broad SMARTS) is 1. The van der Waals surface area contributed by atoms with Gasteiger partial charge in [0.1, 0.15) is 0 Å². The van der Waals surface area contributed by atoms with Crippen LogP contribution < -0.4 is 5.69 Å². The second-order valence-corrected chi connectivity index (χ2v) is 8.03. The zero-order chi connectivity index (χ0) is 23.3. The largest absolute Gasteiger partial charge is 0.478 e. The number of benzene rings is 2. The Hall–Kier alpha value is -3.41. The van der Waals surface area contributed by atoms with Gasteiger partial charge in [0.25, 0.3) is 0 Å². The highest BCUT2D eigenvalue weighted by Crippen LogP contribution is 2.24. The molecule has 0 aliphatic carbocycles. The van der Waals surface area contributed by atoms with Crippen molar-refractivity contribution in [2.45, 2.75) is 59.4 Å². The van der Waals surface area contributed by atoms with Crippen LogP contribution in [-0.4, -0.2) is 26.1 Å². The van der Waals surface area contributed by atoms with E-state index < -0.39 is 5.97 Å². The van der Waals surface area contributed by atoms with Gasteiger partial charge in [-0.1, -0.05) is 69.2 Å². The van der Waals surface area contributed by atoms with E-state index in [2.05, 4.69) is 6.92 Å². The second-order valence-electron chi connectivity index (χ2n) is 8.03. The van der Waals surface area contributed by atoms with Crippen molar-refractivity contribution >= 4 is 11.9 Å². The molecule has 0 unspecified atom stereocenters. The van der Waals surface area contributed by atoms with Crippen LogP contribution in [0.4, 0.5) is 0 Å². The van der Waals surface area contributed by atoms with Gasteiger partial charge in [-0.2, -0.15) is 0 Å². The molecule has 3 aromatic rings. The number of carbonyl (C=O) groups is 2. The molecular formula is C26H30N2O4. The maximum atomic E-state index is 13.1. The standard InChI is InChI=1S/C26H30N2O4/c1-4-6-12-24(29)28-18(3)23(9-5-2)27(26(28)32)17-19-13-15-20(16-14-19)21-10-7-8-11-22(21)25(30)31/h7-8,10-11,13-16H,4-6,9,12,17H2,1-3H3,(H,30,31). The van der Waals surface area contributed by atoms with Crippen LogP contribution in [0.3, 0.4) is 0 Å². The predicted octanol–water partition coefficient (Wildman–Crippen LogP) is 5.15. The molecule has 0 saturated heterocycles. The highest BCUT2D eigenvalue weighted by molar-refractivity contribution is 5.96. The molecule has 1 heterocycles. The Balaban J connectivity index is 1.94. The number of unbranched alkanes of at least 4 members (excludes halogenated alkanes) is 1. The molecule has 0 aliphatic heterocycles. The molecule has 0 amide bonds. The van der Waals surface area contributed by atoms with Gasteiger partial charge in [0, 0.05) is 17.8 Å². The quantitative estimate of drug-likeness (QED) is 0.505. The molecule has 2 aromatic carbocycles. The third-order valence-corrected chi connectivity index (χ3v) is 5.74. The van der Waals surface area contributed by atoms with Gasteiger partial charge >= 0.3 is 11.7 Å². The van der Waals surface area contributed by atoms with Gasteiger partial charge in [-0.3, -0.25) is 9.36 Å². The lowest BCUT2D eigenvalue weighted by Crippen LogP contribution is -2.30. The Labute approximate surface area is 188 Å². The molecule has 6 heteroatoms. The Morgan fingerprint density at radius 3 is 2.28 bits per heavy atom. The molecule has 0 aliphatic rings. The smallest absolute Gasteiger partial charge is 0.336 e. The third kappa shape index (κ3) is 4.74. The first-order chi connectivity index (χ1) is 15.4. The normalized spacial score (nSPS) is 11.0. The van der Waals surface area contributed by atoms with E-state index in [1.807, 2.05) is 44.2 Å². The highest BCUT2D eigenvalue weighted by atomic mass is 16.4. The first kappa shape index (κ1) is 23.3. The number of hydrogen-bond donors (Lipinski definition) is 1. The fraction of sp³-hybridized carbons (Fsp3) is 0.346. The van der Waals surface area contributed by atoms with Crippen LogP contribution in [-0.2, 0) is 13.0 Å². The number of imidazole rings is 1. The summed E-state index contributed by atoms with van der Waals surface area (Å²) in [5.74, 6) is -1.11. The SMILES string of the molecule is CCCCC(=O)n1c(C)c(CCC)n(Cc2ccc(-c3ccccc3C(=O)O)cc2)c1=O. The molecular weight excluding hydrogens is 404 g/mol. The lowest BCUT2D eigenvalue weighted by molar-refractivity contribution is 0.0697. The topological polar surface area (TPSA) is 81.3 Å². The highest BCUT2D eigenvalue weighted by Gasteiger charge is 2.20. The zero-order valence-corrected chi connectivity index (χ0v) is 18.9. The van der Waals surface area contributed by atoms with Crippen LogP contribution in [0.2, 0.25) is 0 Å².